The summed E-state index contributed by atoms with van der Waals surface area (Å²) in [7, 11) is 0. The second kappa shape index (κ2) is 7.65. The third-order valence-corrected chi connectivity index (χ3v) is 4.08. The number of nitrogens with zero attached hydrogens (tertiary/aromatic N) is 1. The van der Waals surface area contributed by atoms with Crippen LogP contribution in [0.25, 0.3) is 0 Å². The average Bonchev–Trinajstić information content (AvgIpc) is 2.25. The van der Waals surface area contributed by atoms with Crippen LogP contribution in [0.4, 0.5) is 0 Å². The second-order valence-electron chi connectivity index (χ2n) is 6.85. The van der Waals surface area contributed by atoms with Crippen molar-refractivity contribution in [1.82, 2.24) is 4.90 Å². The minimum Gasteiger partial charge on any atom is -0.481 e. The molecule has 4 nitrogen and oxygen atoms in total. The topological polar surface area (TPSA) is 57.6 Å². The molecule has 0 aliphatic heterocycles. The maximum Gasteiger partial charge on any atom is 0.305 e. The van der Waals surface area contributed by atoms with Gasteiger partial charge in [-0.25, -0.2) is 0 Å². The highest BCUT2D eigenvalue weighted by Crippen LogP contribution is 2.27. The number of hydrogen-bond donors (Lipinski definition) is 1. The van der Waals surface area contributed by atoms with Gasteiger partial charge < -0.3 is 10.0 Å². The maximum absolute atomic E-state index is 12.8. The highest BCUT2D eigenvalue weighted by Gasteiger charge is 2.31. The second-order valence-corrected chi connectivity index (χ2v) is 6.85. The molecule has 0 spiro atoms. The summed E-state index contributed by atoms with van der Waals surface area (Å²) in [6.45, 7) is 6.26. The molecule has 1 rings (SSSR count). The fraction of sp³-hybridized carbons (Fsp3) is 0.875. The predicted molar refractivity (Wildman–Crippen MR) is 79.5 cm³/mol. The molecule has 1 amide bonds. The van der Waals surface area contributed by atoms with Crippen LogP contribution < -0.4 is 0 Å². The van der Waals surface area contributed by atoms with E-state index in [1.54, 1.807) is 4.90 Å². The number of carboxylic acids is 1. The highest BCUT2D eigenvalue weighted by atomic mass is 16.4. The van der Waals surface area contributed by atoms with Gasteiger partial charge in [0.1, 0.15) is 0 Å². The molecular formula is C16H29NO3. The molecule has 1 fully saturated rings. The van der Waals surface area contributed by atoms with Crippen LogP contribution in [0.1, 0.15) is 72.1 Å². The van der Waals surface area contributed by atoms with Crippen molar-refractivity contribution in [2.75, 3.05) is 6.54 Å². The summed E-state index contributed by atoms with van der Waals surface area (Å²) in [5, 5.41) is 8.86. The van der Waals surface area contributed by atoms with Crippen LogP contribution in [0.3, 0.4) is 0 Å². The Kier molecular flexibility index (Phi) is 6.50. The van der Waals surface area contributed by atoms with Crippen LogP contribution in [0.15, 0.2) is 0 Å². The molecule has 0 bridgehead atoms. The molecule has 1 saturated carbocycles. The Labute approximate surface area is 122 Å². The number of amides is 1. The number of carbonyl (C=O) groups is 2. The molecule has 0 heterocycles. The van der Waals surface area contributed by atoms with Gasteiger partial charge in [0.15, 0.2) is 0 Å². The van der Waals surface area contributed by atoms with Gasteiger partial charge in [-0.05, 0) is 33.6 Å². The van der Waals surface area contributed by atoms with Gasteiger partial charge in [-0.15, -0.1) is 0 Å². The lowest BCUT2D eigenvalue weighted by atomic mass is 9.89. The molecule has 0 unspecified atom stereocenters. The molecular weight excluding hydrogens is 254 g/mol. The van der Waals surface area contributed by atoms with Crippen LogP contribution in [0.2, 0.25) is 0 Å². The van der Waals surface area contributed by atoms with E-state index in [4.69, 9.17) is 5.11 Å². The highest BCUT2D eigenvalue weighted by molar-refractivity contribution is 5.80. The Balaban J connectivity index is 2.71. The van der Waals surface area contributed by atoms with Crippen LogP contribution in [-0.4, -0.2) is 34.0 Å². The van der Waals surface area contributed by atoms with E-state index in [2.05, 4.69) is 0 Å². The number of hydrogen-bond acceptors (Lipinski definition) is 2. The van der Waals surface area contributed by atoms with Gasteiger partial charge in [-0.3, -0.25) is 9.59 Å². The van der Waals surface area contributed by atoms with Crippen LogP contribution in [0.5, 0.6) is 0 Å². The summed E-state index contributed by atoms with van der Waals surface area (Å²) >= 11 is 0. The maximum atomic E-state index is 12.8. The Morgan fingerprint density at radius 3 is 2.00 bits per heavy atom. The smallest absolute Gasteiger partial charge is 0.305 e. The first-order valence-electron chi connectivity index (χ1n) is 7.85. The molecule has 0 saturated heterocycles. The van der Waals surface area contributed by atoms with Gasteiger partial charge >= 0.3 is 5.97 Å². The van der Waals surface area contributed by atoms with Crippen molar-refractivity contribution in [3.05, 3.63) is 0 Å². The minimum absolute atomic E-state index is 0.0235. The predicted octanol–water partition coefficient (Wildman–Crippen LogP) is 3.45. The summed E-state index contributed by atoms with van der Waals surface area (Å²) in [5.41, 5.74) is -0.311. The SMILES string of the molecule is CC(C)(C)N(CCC(=O)O)C(=O)C1CCCCCCC1. The van der Waals surface area contributed by atoms with Crippen molar-refractivity contribution in [2.45, 2.75) is 77.7 Å². The summed E-state index contributed by atoms with van der Waals surface area (Å²) < 4.78 is 0. The Bertz CT molecular complexity index is 325. The first kappa shape index (κ1) is 17.0. The van der Waals surface area contributed by atoms with E-state index in [0.717, 1.165) is 25.7 Å². The summed E-state index contributed by atoms with van der Waals surface area (Å²) in [6, 6.07) is 0. The fourth-order valence-corrected chi connectivity index (χ4v) is 2.91. The van der Waals surface area contributed by atoms with Gasteiger partial charge in [0, 0.05) is 18.0 Å². The molecule has 4 heteroatoms. The number of rotatable bonds is 4. The molecule has 0 aromatic rings. The molecule has 0 atom stereocenters. The van der Waals surface area contributed by atoms with Crippen molar-refractivity contribution in [3.8, 4) is 0 Å². The van der Waals surface area contributed by atoms with Crippen molar-refractivity contribution in [2.24, 2.45) is 5.92 Å². The van der Waals surface area contributed by atoms with Gasteiger partial charge in [0.25, 0.3) is 0 Å². The normalized spacial score (nSPS) is 18.1. The monoisotopic (exact) mass is 283 g/mol. The lowest BCUT2D eigenvalue weighted by molar-refractivity contribution is -0.143. The van der Waals surface area contributed by atoms with E-state index >= 15 is 0 Å². The summed E-state index contributed by atoms with van der Waals surface area (Å²) in [5.74, 6) is -0.603. The number of carboxylic acid groups (broad SMARTS) is 1. The lowest BCUT2D eigenvalue weighted by Gasteiger charge is -2.38. The molecule has 1 N–H and O–H groups in total. The quantitative estimate of drug-likeness (QED) is 0.859. The van der Waals surface area contributed by atoms with E-state index < -0.39 is 5.97 Å². The molecule has 116 valence electrons. The van der Waals surface area contributed by atoms with E-state index in [1.165, 1.54) is 19.3 Å². The fourth-order valence-electron chi connectivity index (χ4n) is 2.91. The zero-order valence-electron chi connectivity index (χ0n) is 13.2. The van der Waals surface area contributed by atoms with E-state index in [-0.39, 0.29) is 23.8 Å². The Morgan fingerprint density at radius 2 is 1.55 bits per heavy atom. The van der Waals surface area contributed by atoms with Crippen molar-refractivity contribution < 1.29 is 14.7 Å². The van der Waals surface area contributed by atoms with Gasteiger partial charge in [0.05, 0.1) is 6.42 Å². The summed E-state index contributed by atoms with van der Waals surface area (Å²) in [4.78, 5) is 25.3. The van der Waals surface area contributed by atoms with E-state index in [0.29, 0.717) is 6.54 Å². The number of carbonyl (C=O) groups excluding carboxylic acids is 1. The van der Waals surface area contributed by atoms with Crippen LogP contribution >= 0.6 is 0 Å². The minimum atomic E-state index is -0.843. The molecule has 20 heavy (non-hydrogen) atoms. The van der Waals surface area contributed by atoms with Crippen LogP contribution in [-0.2, 0) is 9.59 Å². The average molecular weight is 283 g/mol. The zero-order valence-corrected chi connectivity index (χ0v) is 13.2. The van der Waals surface area contributed by atoms with Gasteiger partial charge in [-0.1, -0.05) is 32.1 Å². The van der Waals surface area contributed by atoms with Crippen molar-refractivity contribution in [3.63, 3.8) is 0 Å². The molecule has 0 aromatic heterocycles. The van der Waals surface area contributed by atoms with E-state index in [1.807, 2.05) is 20.8 Å². The van der Waals surface area contributed by atoms with Crippen LogP contribution in [0, 0.1) is 5.92 Å². The zero-order chi connectivity index (χ0) is 15.2. The lowest BCUT2D eigenvalue weighted by Crippen LogP contribution is -2.49. The molecule has 1 aliphatic rings. The molecule has 0 aromatic carbocycles. The third-order valence-electron chi connectivity index (χ3n) is 4.08. The standard InChI is InChI=1S/C16H29NO3/c1-16(2,3)17(12-11-14(18)19)15(20)13-9-7-5-4-6-8-10-13/h13H,4-12H2,1-3H3,(H,18,19). The molecule has 0 radical (unpaired) electrons. The van der Waals surface area contributed by atoms with Crippen molar-refractivity contribution in [1.29, 1.82) is 0 Å². The van der Waals surface area contributed by atoms with Gasteiger partial charge in [-0.2, -0.15) is 0 Å². The third kappa shape index (κ3) is 5.51. The number of aliphatic carboxylic acids is 1. The first-order valence-corrected chi connectivity index (χ1v) is 7.85. The molecule has 1 aliphatic carbocycles. The Hall–Kier alpha value is -1.06. The van der Waals surface area contributed by atoms with Gasteiger partial charge in [0.2, 0.25) is 5.91 Å². The Morgan fingerprint density at radius 1 is 1.05 bits per heavy atom. The van der Waals surface area contributed by atoms with E-state index in [9.17, 15) is 9.59 Å². The van der Waals surface area contributed by atoms with Crippen molar-refractivity contribution >= 4 is 11.9 Å². The largest absolute Gasteiger partial charge is 0.481 e. The summed E-state index contributed by atoms with van der Waals surface area (Å²) in [6.07, 6.45) is 7.89. The first-order chi connectivity index (χ1) is 9.32.